The number of carbonyl (C=O) groups is 1. The second kappa shape index (κ2) is 4.87. The number of anilines is 1. The maximum atomic E-state index is 12.5. The molecule has 0 saturated heterocycles. The minimum atomic E-state index is -4.43. The van der Waals surface area contributed by atoms with E-state index in [2.05, 4.69) is 10.1 Å². The van der Waals surface area contributed by atoms with E-state index in [1.54, 1.807) is 18.3 Å². The van der Waals surface area contributed by atoms with Crippen molar-refractivity contribution in [1.29, 1.82) is 0 Å². The Labute approximate surface area is 118 Å². The van der Waals surface area contributed by atoms with Gasteiger partial charge in [0.25, 0.3) is 5.91 Å². The first kappa shape index (κ1) is 13.6. The summed E-state index contributed by atoms with van der Waals surface area (Å²) < 4.78 is 38.1. The second-order valence-electron chi connectivity index (χ2n) is 4.67. The quantitative estimate of drug-likeness (QED) is 0.852. The van der Waals surface area contributed by atoms with Gasteiger partial charge in [-0.2, -0.15) is 18.3 Å². The van der Waals surface area contributed by atoms with E-state index in [4.69, 9.17) is 0 Å². The highest BCUT2D eigenvalue weighted by atomic mass is 19.4. The van der Waals surface area contributed by atoms with Crippen LogP contribution >= 0.6 is 0 Å². The van der Waals surface area contributed by atoms with Crippen molar-refractivity contribution < 1.29 is 18.0 Å². The van der Waals surface area contributed by atoms with Crippen molar-refractivity contribution in [3.63, 3.8) is 0 Å². The van der Waals surface area contributed by atoms with Crippen LogP contribution in [0.3, 0.4) is 0 Å². The van der Waals surface area contributed by atoms with Gasteiger partial charge in [0.2, 0.25) is 0 Å². The molecule has 5 nitrogen and oxygen atoms in total. The number of rotatable bonds is 2. The molecule has 1 aliphatic heterocycles. The standard InChI is InChI=1S/C13H11F3N4O/c14-13(15,16)8-20-11(3-6-18-20)12(21)19-7-4-9-10(19)2-1-5-17-9/h1-3,5-6H,4,7-8H2. The normalized spacial score (nSPS) is 14.3. The molecule has 0 spiro atoms. The Hall–Kier alpha value is -2.38. The molecular weight excluding hydrogens is 285 g/mol. The van der Waals surface area contributed by atoms with Crippen LogP contribution in [0.15, 0.2) is 30.6 Å². The van der Waals surface area contributed by atoms with Crippen molar-refractivity contribution in [1.82, 2.24) is 14.8 Å². The van der Waals surface area contributed by atoms with Gasteiger partial charge in [-0.3, -0.25) is 14.5 Å². The van der Waals surface area contributed by atoms with Gasteiger partial charge in [-0.25, -0.2) is 0 Å². The molecule has 0 aliphatic carbocycles. The molecule has 0 aromatic carbocycles. The van der Waals surface area contributed by atoms with Crippen molar-refractivity contribution in [3.05, 3.63) is 42.0 Å². The Morgan fingerprint density at radius 3 is 2.86 bits per heavy atom. The summed E-state index contributed by atoms with van der Waals surface area (Å²) in [5, 5.41) is 3.58. The molecule has 0 bridgehead atoms. The van der Waals surface area contributed by atoms with Crippen LogP contribution in [0.1, 0.15) is 16.2 Å². The van der Waals surface area contributed by atoms with Crippen molar-refractivity contribution >= 4 is 11.6 Å². The Bertz CT molecular complexity index is 680. The van der Waals surface area contributed by atoms with Gasteiger partial charge in [-0.15, -0.1) is 0 Å². The molecule has 0 radical (unpaired) electrons. The van der Waals surface area contributed by atoms with Crippen LogP contribution in [0.25, 0.3) is 0 Å². The predicted octanol–water partition coefficient (Wildman–Crippen LogP) is 2.04. The predicted molar refractivity (Wildman–Crippen MR) is 67.9 cm³/mol. The third-order valence-electron chi connectivity index (χ3n) is 3.24. The van der Waals surface area contributed by atoms with Gasteiger partial charge < -0.3 is 4.90 Å². The molecule has 8 heteroatoms. The first-order valence-corrected chi connectivity index (χ1v) is 6.30. The van der Waals surface area contributed by atoms with Gasteiger partial charge in [0.15, 0.2) is 0 Å². The number of carbonyl (C=O) groups excluding carboxylic acids is 1. The van der Waals surface area contributed by atoms with Gasteiger partial charge in [0, 0.05) is 25.4 Å². The zero-order valence-electron chi connectivity index (χ0n) is 10.8. The highest BCUT2D eigenvalue weighted by Crippen LogP contribution is 2.27. The van der Waals surface area contributed by atoms with E-state index in [1.165, 1.54) is 17.2 Å². The topological polar surface area (TPSA) is 51.0 Å². The Balaban J connectivity index is 1.89. The van der Waals surface area contributed by atoms with E-state index in [9.17, 15) is 18.0 Å². The van der Waals surface area contributed by atoms with Crippen LogP contribution in [0.4, 0.5) is 18.9 Å². The number of halogens is 3. The third-order valence-corrected chi connectivity index (χ3v) is 3.24. The average molecular weight is 296 g/mol. The molecule has 3 heterocycles. The van der Waals surface area contributed by atoms with Gasteiger partial charge in [0.05, 0.1) is 11.4 Å². The fourth-order valence-electron chi connectivity index (χ4n) is 2.37. The summed E-state index contributed by atoms with van der Waals surface area (Å²) in [5.41, 5.74) is 1.33. The summed E-state index contributed by atoms with van der Waals surface area (Å²) in [5.74, 6) is -0.497. The van der Waals surface area contributed by atoms with E-state index in [0.717, 1.165) is 5.69 Å². The lowest BCUT2D eigenvalue weighted by Gasteiger charge is -2.18. The summed E-state index contributed by atoms with van der Waals surface area (Å²) in [7, 11) is 0. The number of fused-ring (bicyclic) bond motifs is 1. The van der Waals surface area contributed by atoms with Crippen LogP contribution in [-0.2, 0) is 13.0 Å². The molecule has 2 aromatic heterocycles. The maximum absolute atomic E-state index is 12.5. The molecule has 1 aliphatic rings. The lowest BCUT2D eigenvalue weighted by atomic mass is 10.3. The van der Waals surface area contributed by atoms with Crippen LogP contribution in [0, 0.1) is 0 Å². The minimum absolute atomic E-state index is 0.0796. The summed E-state index contributed by atoms with van der Waals surface area (Å²) in [6, 6.07) is 4.72. The smallest absolute Gasteiger partial charge is 0.305 e. The summed E-state index contributed by atoms with van der Waals surface area (Å²) in [4.78, 5) is 18.0. The van der Waals surface area contributed by atoms with Crippen LogP contribution in [0.2, 0.25) is 0 Å². The first-order valence-electron chi connectivity index (χ1n) is 6.30. The molecule has 21 heavy (non-hydrogen) atoms. The summed E-state index contributed by atoms with van der Waals surface area (Å²) in [6.45, 7) is -0.878. The number of alkyl halides is 3. The molecular formula is C13H11F3N4O. The zero-order valence-corrected chi connectivity index (χ0v) is 10.8. The van der Waals surface area contributed by atoms with Crippen molar-refractivity contribution in [3.8, 4) is 0 Å². The zero-order chi connectivity index (χ0) is 15.0. The van der Waals surface area contributed by atoms with Gasteiger partial charge >= 0.3 is 6.18 Å². The summed E-state index contributed by atoms with van der Waals surface area (Å²) in [6.07, 6.45) is -1.01. The minimum Gasteiger partial charge on any atom is -0.305 e. The van der Waals surface area contributed by atoms with Crippen LogP contribution < -0.4 is 4.90 Å². The largest absolute Gasteiger partial charge is 0.408 e. The fourth-order valence-corrected chi connectivity index (χ4v) is 2.37. The molecule has 0 N–H and O–H groups in total. The average Bonchev–Trinajstić information content (AvgIpc) is 3.02. The number of nitrogens with zero attached hydrogens (tertiary/aromatic N) is 4. The number of hydrogen-bond donors (Lipinski definition) is 0. The molecule has 2 aromatic rings. The molecule has 0 saturated carbocycles. The number of hydrogen-bond acceptors (Lipinski definition) is 3. The first-order chi connectivity index (χ1) is 9.96. The maximum Gasteiger partial charge on any atom is 0.408 e. The second-order valence-corrected chi connectivity index (χ2v) is 4.67. The van der Waals surface area contributed by atoms with E-state index in [0.29, 0.717) is 23.3 Å². The van der Waals surface area contributed by atoms with Gasteiger partial charge in [0.1, 0.15) is 12.2 Å². The molecule has 1 amide bonds. The Morgan fingerprint density at radius 2 is 2.10 bits per heavy atom. The highest BCUT2D eigenvalue weighted by molar-refractivity contribution is 6.06. The Morgan fingerprint density at radius 1 is 1.29 bits per heavy atom. The number of pyridine rings is 1. The van der Waals surface area contributed by atoms with Crippen LogP contribution in [-0.4, -0.2) is 33.4 Å². The molecule has 0 atom stereocenters. The van der Waals surface area contributed by atoms with E-state index < -0.39 is 18.6 Å². The fraction of sp³-hybridized carbons (Fsp3) is 0.308. The number of amides is 1. The van der Waals surface area contributed by atoms with Crippen molar-refractivity contribution in [2.24, 2.45) is 0 Å². The van der Waals surface area contributed by atoms with Crippen LogP contribution in [0.5, 0.6) is 0 Å². The SMILES string of the molecule is O=C(c1ccnn1CC(F)(F)F)N1CCc2ncccc21. The summed E-state index contributed by atoms with van der Waals surface area (Å²) >= 11 is 0. The molecule has 3 rings (SSSR count). The molecule has 110 valence electrons. The van der Waals surface area contributed by atoms with E-state index in [1.807, 2.05) is 0 Å². The highest BCUT2D eigenvalue weighted by Gasteiger charge is 2.33. The lowest BCUT2D eigenvalue weighted by molar-refractivity contribution is -0.142. The van der Waals surface area contributed by atoms with Gasteiger partial charge in [-0.1, -0.05) is 0 Å². The Kier molecular flexibility index (Phi) is 3.15. The monoisotopic (exact) mass is 296 g/mol. The third kappa shape index (κ3) is 2.61. The number of aromatic nitrogens is 3. The molecule has 0 unspecified atom stereocenters. The van der Waals surface area contributed by atoms with Crippen molar-refractivity contribution in [2.45, 2.75) is 19.1 Å². The lowest BCUT2D eigenvalue weighted by Crippen LogP contribution is -2.32. The van der Waals surface area contributed by atoms with Gasteiger partial charge in [-0.05, 0) is 18.2 Å². The molecule has 0 fully saturated rings. The van der Waals surface area contributed by atoms with E-state index >= 15 is 0 Å². The van der Waals surface area contributed by atoms with Crippen molar-refractivity contribution in [2.75, 3.05) is 11.4 Å². The van der Waals surface area contributed by atoms with E-state index in [-0.39, 0.29) is 5.69 Å².